The highest BCUT2D eigenvalue weighted by Crippen LogP contribution is 2.26. The zero-order valence-electron chi connectivity index (χ0n) is 11.0. The predicted molar refractivity (Wildman–Crippen MR) is 79.0 cm³/mol. The normalized spacial score (nSPS) is 12.4. The van der Waals surface area contributed by atoms with Crippen molar-refractivity contribution >= 4 is 27.3 Å². The lowest BCUT2D eigenvalue weighted by Gasteiger charge is -2.12. The van der Waals surface area contributed by atoms with Crippen LogP contribution in [0.3, 0.4) is 0 Å². The fourth-order valence-corrected chi connectivity index (χ4v) is 3.18. The third kappa shape index (κ3) is 2.58. The Kier molecular flexibility index (Phi) is 3.52. The number of nitrogens with one attached hydrogen (secondary N) is 1. The van der Waals surface area contributed by atoms with E-state index in [-0.39, 0.29) is 17.7 Å². The van der Waals surface area contributed by atoms with Crippen LogP contribution in [0.4, 0.5) is 0 Å². The Morgan fingerprint density at radius 1 is 1.40 bits per heavy atom. The Labute approximate surface area is 120 Å². The lowest BCUT2D eigenvalue weighted by molar-refractivity contribution is 0.0903. The SMILES string of the molecule is C[C@@H](Cc1csc2ccccc12)NC(=O)c1ccno1. The van der Waals surface area contributed by atoms with E-state index in [4.69, 9.17) is 4.52 Å². The summed E-state index contributed by atoms with van der Waals surface area (Å²) in [5.74, 6) is 0.0153. The summed E-state index contributed by atoms with van der Waals surface area (Å²) >= 11 is 1.73. The minimum Gasteiger partial charge on any atom is -0.351 e. The van der Waals surface area contributed by atoms with Crippen LogP contribution >= 0.6 is 11.3 Å². The molecule has 1 aromatic carbocycles. The number of carbonyl (C=O) groups excluding carboxylic acids is 1. The van der Waals surface area contributed by atoms with Crippen LogP contribution in [0.1, 0.15) is 23.0 Å². The number of fused-ring (bicyclic) bond motifs is 1. The number of aromatic nitrogens is 1. The second-order valence-corrected chi connectivity index (χ2v) is 5.62. The highest BCUT2D eigenvalue weighted by atomic mass is 32.1. The third-order valence-electron chi connectivity index (χ3n) is 3.13. The van der Waals surface area contributed by atoms with Gasteiger partial charge >= 0.3 is 0 Å². The number of hydrogen-bond acceptors (Lipinski definition) is 4. The standard InChI is InChI=1S/C15H14N2O2S/c1-10(17-15(18)13-6-7-16-19-13)8-11-9-20-14-5-3-2-4-12(11)14/h2-7,9-10H,8H2,1H3,(H,17,18)/t10-/m0/s1. The Bertz CT molecular complexity index is 718. The summed E-state index contributed by atoms with van der Waals surface area (Å²) in [7, 11) is 0. The molecule has 0 fully saturated rings. The molecule has 0 radical (unpaired) electrons. The summed E-state index contributed by atoms with van der Waals surface area (Å²) in [6, 6.07) is 9.90. The van der Waals surface area contributed by atoms with Crippen molar-refractivity contribution in [1.82, 2.24) is 10.5 Å². The molecule has 0 spiro atoms. The Morgan fingerprint density at radius 2 is 2.25 bits per heavy atom. The Morgan fingerprint density at radius 3 is 3.05 bits per heavy atom. The van der Waals surface area contributed by atoms with Crippen molar-refractivity contribution in [3.05, 3.63) is 53.2 Å². The summed E-state index contributed by atoms with van der Waals surface area (Å²) < 4.78 is 6.12. The van der Waals surface area contributed by atoms with Gasteiger partial charge in [0.05, 0.1) is 6.20 Å². The Balaban J connectivity index is 1.70. The molecule has 0 unspecified atom stereocenters. The third-order valence-corrected chi connectivity index (χ3v) is 4.14. The zero-order chi connectivity index (χ0) is 13.9. The number of rotatable bonds is 4. The van der Waals surface area contributed by atoms with Gasteiger partial charge in [0.2, 0.25) is 5.76 Å². The van der Waals surface area contributed by atoms with Gasteiger partial charge in [0.15, 0.2) is 0 Å². The first-order valence-electron chi connectivity index (χ1n) is 6.40. The fraction of sp³-hybridized carbons (Fsp3) is 0.200. The van der Waals surface area contributed by atoms with Gasteiger partial charge in [-0.25, -0.2) is 0 Å². The highest BCUT2D eigenvalue weighted by Gasteiger charge is 2.14. The van der Waals surface area contributed by atoms with Gasteiger partial charge in [-0.2, -0.15) is 0 Å². The molecule has 2 aromatic heterocycles. The molecule has 3 rings (SSSR count). The molecule has 102 valence electrons. The number of benzene rings is 1. The summed E-state index contributed by atoms with van der Waals surface area (Å²) in [5, 5.41) is 9.87. The molecule has 2 heterocycles. The first kappa shape index (κ1) is 12.9. The molecule has 0 bridgehead atoms. The molecule has 4 nitrogen and oxygen atoms in total. The fourth-order valence-electron chi connectivity index (χ4n) is 2.20. The smallest absolute Gasteiger partial charge is 0.290 e. The first-order chi connectivity index (χ1) is 9.74. The monoisotopic (exact) mass is 286 g/mol. The Hall–Kier alpha value is -2.14. The first-order valence-corrected chi connectivity index (χ1v) is 7.28. The van der Waals surface area contributed by atoms with Gasteiger partial charge in [0.25, 0.3) is 5.91 Å². The maximum atomic E-state index is 11.9. The van der Waals surface area contributed by atoms with Crippen molar-refractivity contribution in [2.75, 3.05) is 0 Å². The van der Waals surface area contributed by atoms with E-state index in [0.717, 1.165) is 6.42 Å². The van der Waals surface area contributed by atoms with Gasteiger partial charge in [0, 0.05) is 16.8 Å². The number of amides is 1. The molecular formula is C15H14N2O2S. The number of carbonyl (C=O) groups is 1. The molecule has 0 saturated carbocycles. The average molecular weight is 286 g/mol. The highest BCUT2D eigenvalue weighted by molar-refractivity contribution is 7.17. The largest absolute Gasteiger partial charge is 0.351 e. The quantitative estimate of drug-likeness (QED) is 0.801. The van der Waals surface area contributed by atoms with E-state index < -0.39 is 0 Å². The number of hydrogen-bond donors (Lipinski definition) is 1. The molecule has 1 atom stereocenters. The van der Waals surface area contributed by atoms with Crippen molar-refractivity contribution < 1.29 is 9.32 Å². The number of nitrogens with zero attached hydrogens (tertiary/aromatic N) is 1. The molecule has 0 aliphatic rings. The van der Waals surface area contributed by atoms with Gasteiger partial charge in [0.1, 0.15) is 0 Å². The van der Waals surface area contributed by atoms with Crippen molar-refractivity contribution in [1.29, 1.82) is 0 Å². The van der Waals surface area contributed by atoms with Gasteiger partial charge in [-0.1, -0.05) is 23.4 Å². The maximum Gasteiger partial charge on any atom is 0.290 e. The van der Waals surface area contributed by atoms with Crippen LogP contribution in [0.2, 0.25) is 0 Å². The van der Waals surface area contributed by atoms with Crippen LogP contribution < -0.4 is 5.32 Å². The molecule has 0 aliphatic heterocycles. The molecule has 20 heavy (non-hydrogen) atoms. The average Bonchev–Trinajstić information content (AvgIpc) is 3.09. The van der Waals surface area contributed by atoms with Crippen LogP contribution in [0, 0.1) is 0 Å². The topological polar surface area (TPSA) is 55.1 Å². The van der Waals surface area contributed by atoms with Crippen LogP contribution in [0.5, 0.6) is 0 Å². The van der Waals surface area contributed by atoms with Gasteiger partial charge in [-0.05, 0) is 35.7 Å². The van der Waals surface area contributed by atoms with E-state index in [1.54, 1.807) is 17.4 Å². The molecule has 3 aromatic rings. The van der Waals surface area contributed by atoms with Crippen molar-refractivity contribution in [3.63, 3.8) is 0 Å². The van der Waals surface area contributed by atoms with Gasteiger partial charge < -0.3 is 9.84 Å². The van der Waals surface area contributed by atoms with E-state index in [9.17, 15) is 4.79 Å². The molecule has 1 N–H and O–H groups in total. The van der Waals surface area contributed by atoms with Crippen LogP contribution in [-0.4, -0.2) is 17.1 Å². The summed E-state index contributed by atoms with van der Waals surface area (Å²) in [4.78, 5) is 11.9. The van der Waals surface area contributed by atoms with Crippen LogP contribution in [0.25, 0.3) is 10.1 Å². The van der Waals surface area contributed by atoms with E-state index >= 15 is 0 Å². The minimum atomic E-state index is -0.227. The van der Waals surface area contributed by atoms with Crippen molar-refractivity contribution in [2.45, 2.75) is 19.4 Å². The lowest BCUT2D eigenvalue weighted by atomic mass is 10.1. The van der Waals surface area contributed by atoms with E-state index in [1.807, 2.05) is 19.1 Å². The predicted octanol–water partition coefficient (Wildman–Crippen LogP) is 3.25. The van der Waals surface area contributed by atoms with Gasteiger partial charge in [-0.15, -0.1) is 11.3 Å². The molecular weight excluding hydrogens is 272 g/mol. The van der Waals surface area contributed by atoms with Gasteiger partial charge in [-0.3, -0.25) is 4.79 Å². The molecule has 1 amide bonds. The van der Waals surface area contributed by atoms with Crippen molar-refractivity contribution in [3.8, 4) is 0 Å². The van der Waals surface area contributed by atoms with Crippen LogP contribution in [-0.2, 0) is 6.42 Å². The molecule has 5 heteroatoms. The maximum absolute atomic E-state index is 11.9. The number of thiophene rings is 1. The zero-order valence-corrected chi connectivity index (χ0v) is 11.8. The molecule has 0 aliphatic carbocycles. The van der Waals surface area contributed by atoms with E-state index in [1.165, 1.54) is 21.8 Å². The van der Waals surface area contributed by atoms with Crippen LogP contribution in [0.15, 0.2) is 46.4 Å². The van der Waals surface area contributed by atoms with Crippen molar-refractivity contribution in [2.24, 2.45) is 0 Å². The minimum absolute atomic E-state index is 0.0330. The van der Waals surface area contributed by atoms with E-state index in [2.05, 4.69) is 28.0 Å². The van der Waals surface area contributed by atoms with E-state index in [0.29, 0.717) is 0 Å². The second kappa shape index (κ2) is 5.46. The second-order valence-electron chi connectivity index (χ2n) is 4.71. The summed E-state index contributed by atoms with van der Waals surface area (Å²) in [5.41, 5.74) is 1.26. The summed E-state index contributed by atoms with van der Waals surface area (Å²) in [6.07, 6.45) is 2.26. The molecule has 0 saturated heterocycles. The summed E-state index contributed by atoms with van der Waals surface area (Å²) in [6.45, 7) is 1.99. The lowest BCUT2D eigenvalue weighted by Crippen LogP contribution is -2.33.